The Morgan fingerprint density at radius 2 is 1.80 bits per heavy atom. The van der Waals surface area contributed by atoms with Crippen LogP contribution in [0.25, 0.3) is 11.1 Å². The van der Waals surface area contributed by atoms with Gasteiger partial charge in [0.25, 0.3) is 0 Å². The van der Waals surface area contributed by atoms with Gasteiger partial charge in [0.1, 0.15) is 5.75 Å². The van der Waals surface area contributed by atoms with E-state index in [9.17, 15) is 0 Å². The molecule has 2 aromatic rings. The summed E-state index contributed by atoms with van der Waals surface area (Å²) in [6, 6.07) is 11.0. The molecule has 2 heteroatoms. The highest BCUT2D eigenvalue weighted by Crippen LogP contribution is 2.36. The Balaban J connectivity index is 2.24. The van der Waals surface area contributed by atoms with Gasteiger partial charge in [0.15, 0.2) is 0 Å². The monoisotopic (exact) mass is 267 g/mol. The molecule has 3 rings (SSSR count). The molecule has 2 nitrogen and oxygen atoms in total. The fourth-order valence-corrected chi connectivity index (χ4v) is 3.05. The Kier molecular flexibility index (Phi) is 3.49. The number of hydrogen-bond acceptors (Lipinski definition) is 2. The van der Waals surface area contributed by atoms with Crippen LogP contribution >= 0.6 is 0 Å². The van der Waals surface area contributed by atoms with E-state index in [0.717, 1.165) is 25.3 Å². The lowest BCUT2D eigenvalue weighted by atomic mass is 9.88. The van der Waals surface area contributed by atoms with Crippen molar-refractivity contribution in [1.82, 2.24) is 5.32 Å². The summed E-state index contributed by atoms with van der Waals surface area (Å²) in [5.74, 6) is 0.960. The van der Waals surface area contributed by atoms with Crippen LogP contribution in [-0.4, -0.2) is 13.7 Å². The normalized spacial score (nSPS) is 13.9. The lowest BCUT2D eigenvalue weighted by Crippen LogP contribution is -2.24. The van der Waals surface area contributed by atoms with Crippen LogP contribution in [0.4, 0.5) is 0 Å². The minimum Gasteiger partial charge on any atom is -0.496 e. The molecule has 0 spiro atoms. The van der Waals surface area contributed by atoms with E-state index < -0.39 is 0 Å². The summed E-state index contributed by atoms with van der Waals surface area (Å²) in [4.78, 5) is 0. The minimum atomic E-state index is 0.960. The van der Waals surface area contributed by atoms with Crippen molar-refractivity contribution < 1.29 is 4.74 Å². The number of fused-ring (bicyclic) bond motifs is 1. The highest BCUT2D eigenvalue weighted by Gasteiger charge is 2.17. The van der Waals surface area contributed by atoms with E-state index in [0.29, 0.717) is 0 Å². The van der Waals surface area contributed by atoms with Gasteiger partial charge in [-0.3, -0.25) is 0 Å². The molecule has 1 aliphatic rings. The SMILES string of the molecule is COc1ccc(C)cc1-c1cc(C)cc2c1CCNC2. The smallest absolute Gasteiger partial charge is 0.126 e. The number of aryl methyl sites for hydroxylation is 2. The van der Waals surface area contributed by atoms with Crippen LogP contribution in [0, 0.1) is 13.8 Å². The molecule has 0 radical (unpaired) electrons. The first-order valence-corrected chi connectivity index (χ1v) is 7.17. The lowest BCUT2D eigenvalue weighted by molar-refractivity contribution is 0.416. The first-order valence-electron chi connectivity index (χ1n) is 7.17. The zero-order valence-corrected chi connectivity index (χ0v) is 12.4. The van der Waals surface area contributed by atoms with Crippen molar-refractivity contribution in [2.75, 3.05) is 13.7 Å². The molecule has 0 aromatic heterocycles. The Morgan fingerprint density at radius 3 is 2.60 bits per heavy atom. The lowest BCUT2D eigenvalue weighted by Gasteiger charge is -2.22. The first-order chi connectivity index (χ1) is 9.69. The molecule has 104 valence electrons. The minimum absolute atomic E-state index is 0.960. The van der Waals surface area contributed by atoms with Crippen LogP contribution in [0.5, 0.6) is 5.75 Å². The Morgan fingerprint density at radius 1 is 1.00 bits per heavy atom. The molecule has 0 amide bonds. The van der Waals surface area contributed by atoms with Gasteiger partial charge in [0, 0.05) is 12.1 Å². The van der Waals surface area contributed by atoms with Crippen molar-refractivity contribution in [2.45, 2.75) is 26.8 Å². The van der Waals surface area contributed by atoms with E-state index in [1.165, 1.54) is 33.4 Å². The third kappa shape index (κ3) is 2.32. The summed E-state index contributed by atoms with van der Waals surface area (Å²) >= 11 is 0. The fourth-order valence-electron chi connectivity index (χ4n) is 3.05. The van der Waals surface area contributed by atoms with Crippen LogP contribution in [0.1, 0.15) is 22.3 Å². The first kappa shape index (κ1) is 13.2. The van der Waals surface area contributed by atoms with Crippen molar-refractivity contribution in [1.29, 1.82) is 0 Å². The molecule has 1 aliphatic heterocycles. The highest BCUT2D eigenvalue weighted by molar-refractivity contribution is 5.76. The molecular weight excluding hydrogens is 246 g/mol. The molecule has 0 atom stereocenters. The number of rotatable bonds is 2. The second-order valence-corrected chi connectivity index (χ2v) is 5.58. The summed E-state index contributed by atoms with van der Waals surface area (Å²) in [6.45, 7) is 6.32. The highest BCUT2D eigenvalue weighted by atomic mass is 16.5. The zero-order valence-electron chi connectivity index (χ0n) is 12.4. The second-order valence-electron chi connectivity index (χ2n) is 5.58. The van der Waals surface area contributed by atoms with E-state index in [1.54, 1.807) is 7.11 Å². The number of hydrogen-bond donors (Lipinski definition) is 1. The van der Waals surface area contributed by atoms with Crippen molar-refractivity contribution in [3.8, 4) is 16.9 Å². The van der Waals surface area contributed by atoms with Gasteiger partial charge in [-0.2, -0.15) is 0 Å². The van der Waals surface area contributed by atoms with Gasteiger partial charge >= 0.3 is 0 Å². The Hall–Kier alpha value is -1.80. The van der Waals surface area contributed by atoms with Crippen LogP contribution in [0.2, 0.25) is 0 Å². The number of methoxy groups -OCH3 is 1. The molecule has 0 aliphatic carbocycles. The predicted octanol–water partition coefficient (Wildman–Crippen LogP) is 3.62. The molecule has 1 heterocycles. The molecular formula is C18H21NO. The molecule has 0 fully saturated rings. The van der Waals surface area contributed by atoms with Crippen LogP contribution in [-0.2, 0) is 13.0 Å². The van der Waals surface area contributed by atoms with E-state index in [2.05, 4.69) is 49.5 Å². The maximum Gasteiger partial charge on any atom is 0.126 e. The van der Waals surface area contributed by atoms with Gasteiger partial charge in [0.2, 0.25) is 0 Å². The molecule has 1 N–H and O–H groups in total. The van der Waals surface area contributed by atoms with Gasteiger partial charge in [-0.25, -0.2) is 0 Å². The number of benzene rings is 2. The average Bonchev–Trinajstić information content (AvgIpc) is 2.46. The molecule has 20 heavy (non-hydrogen) atoms. The molecule has 0 unspecified atom stereocenters. The van der Waals surface area contributed by atoms with Crippen molar-refractivity contribution >= 4 is 0 Å². The van der Waals surface area contributed by atoms with Crippen molar-refractivity contribution in [3.63, 3.8) is 0 Å². The summed E-state index contributed by atoms with van der Waals surface area (Å²) in [5, 5.41) is 3.46. The van der Waals surface area contributed by atoms with E-state index in [4.69, 9.17) is 4.74 Å². The fraction of sp³-hybridized carbons (Fsp3) is 0.333. The summed E-state index contributed by atoms with van der Waals surface area (Å²) in [5.41, 5.74) is 8.03. The topological polar surface area (TPSA) is 21.3 Å². The van der Waals surface area contributed by atoms with Crippen LogP contribution < -0.4 is 10.1 Å². The summed E-state index contributed by atoms with van der Waals surface area (Å²) in [7, 11) is 1.75. The van der Waals surface area contributed by atoms with Gasteiger partial charge < -0.3 is 10.1 Å². The maximum atomic E-state index is 5.57. The Labute approximate surface area is 120 Å². The second kappa shape index (κ2) is 5.29. The van der Waals surface area contributed by atoms with E-state index in [1.807, 2.05) is 0 Å². The Bertz CT molecular complexity index is 646. The van der Waals surface area contributed by atoms with Gasteiger partial charge in [-0.1, -0.05) is 29.3 Å². The quantitative estimate of drug-likeness (QED) is 0.897. The van der Waals surface area contributed by atoms with Gasteiger partial charge in [-0.15, -0.1) is 0 Å². The van der Waals surface area contributed by atoms with Crippen LogP contribution in [0.15, 0.2) is 30.3 Å². The predicted molar refractivity (Wildman–Crippen MR) is 83.3 cm³/mol. The largest absolute Gasteiger partial charge is 0.496 e. The zero-order chi connectivity index (χ0) is 14.1. The molecule has 0 bridgehead atoms. The van der Waals surface area contributed by atoms with Crippen molar-refractivity contribution in [3.05, 3.63) is 52.6 Å². The van der Waals surface area contributed by atoms with Crippen molar-refractivity contribution in [2.24, 2.45) is 0 Å². The van der Waals surface area contributed by atoms with E-state index >= 15 is 0 Å². The van der Waals surface area contributed by atoms with Crippen LogP contribution in [0.3, 0.4) is 0 Å². The van der Waals surface area contributed by atoms with E-state index in [-0.39, 0.29) is 0 Å². The summed E-state index contributed by atoms with van der Waals surface area (Å²) in [6.07, 6.45) is 1.09. The average molecular weight is 267 g/mol. The molecule has 0 saturated heterocycles. The standard InChI is InChI=1S/C18H21NO/c1-12-4-5-18(20-3)17(9-12)16-10-13(2)8-14-11-19-7-6-15(14)16/h4-5,8-10,19H,6-7,11H2,1-3H3. The number of nitrogens with one attached hydrogen (secondary N) is 1. The summed E-state index contributed by atoms with van der Waals surface area (Å²) < 4.78 is 5.57. The molecule has 2 aromatic carbocycles. The van der Waals surface area contributed by atoms with Gasteiger partial charge in [-0.05, 0) is 55.6 Å². The molecule has 0 saturated carbocycles. The number of ether oxygens (including phenoxy) is 1. The van der Waals surface area contributed by atoms with Gasteiger partial charge in [0.05, 0.1) is 7.11 Å². The third-order valence-electron chi connectivity index (χ3n) is 4.00. The maximum absolute atomic E-state index is 5.57. The third-order valence-corrected chi connectivity index (χ3v) is 4.00.